The van der Waals surface area contributed by atoms with E-state index in [1.807, 2.05) is 0 Å². The molecule has 4 rings (SSSR count). The van der Waals surface area contributed by atoms with Gasteiger partial charge in [-0.25, -0.2) is 4.98 Å². The van der Waals surface area contributed by atoms with Gasteiger partial charge in [-0.3, -0.25) is 19.5 Å². The second kappa shape index (κ2) is 6.84. The minimum atomic E-state index is -0.631. The van der Waals surface area contributed by atoms with Gasteiger partial charge in [0, 0.05) is 6.07 Å². The summed E-state index contributed by atoms with van der Waals surface area (Å²) in [7, 11) is 0. The molecular weight excluding hydrogens is 362 g/mol. The summed E-state index contributed by atoms with van der Waals surface area (Å²) in [6, 6.07) is 15.9. The molecule has 1 N–H and O–H groups in total. The summed E-state index contributed by atoms with van der Waals surface area (Å²) < 4.78 is 6.47. The standard InChI is InChI=1S/C20H13N3O5/c24-14-5-3-4-13(12-14)22-18(10-8-15-9-11-19(28-15)23(26)27)21-17-7-2-1-6-16(17)20(22)25/h1-12,24H. The molecule has 0 saturated heterocycles. The number of furan rings is 1. The normalized spacial score (nSPS) is 11.3. The van der Waals surface area contributed by atoms with E-state index in [1.54, 1.807) is 36.4 Å². The van der Waals surface area contributed by atoms with Crippen LogP contribution in [0.1, 0.15) is 11.6 Å². The Labute approximate surface area is 157 Å². The minimum Gasteiger partial charge on any atom is -0.508 e. The zero-order valence-corrected chi connectivity index (χ0v) is 14.4. The van der Waals surface area contributed by atoms with E-state index in [4.69, 9.17) is 4.42 Å². The van der Waals surface area contributed by atoms with Crippen molar-refractivity contribution in [2.24, 2.45) is 0 Å². The molecule has 4 aromatic rings. The van der Waals surface area contributed by atoms with E-state index in [0.717, 1.165) is 0 Å². The van der Waals surface area contributed by atoms with Crippen molar-refractivity contribution in [1.29, 1.82) is 0 Å². The van der Waals surface area contributed by atoms with Crippen LogP contribution >= 0.6 is 0 Å². The highest BCUT2D eigenvalue weighted by Crippen LogP contribution is 2.20. The number of hydrogen-bond donors (Lipinski definition) is 1. The van der Waals surface area contributed by atoms with Crippen LogP contribution in [-0.4, -0.2) is 19.6 Å². The highest BCUT2D eigenvalue weighted by atomic mass is 16.6. The van der Waals surface area contributed by atoms with Crippen molar-refractivity contribution in [3.63, 3.8) is 0 Å². The third kappa shape index (κ3) is 3.14. The average molecular weight is 375 g/mol. The molecule has 0 fully saturated rings. The van der Waals surface area contributed by atoms with Crippen molar-refractivity contribution in [1.82, 2.24) is 9.55 Å². The zero-order chi connectivity index (χ0) is 19.7. The number of hydrogen-bond acceptors (Lipinski definition) is 6. The number of phenols is 1. The summed E-state index contributed by atoms with van der Waals surface area (Å²) in [5.74, 6) is 0.163. The third-order valence-electron chi connectivity index (χ3n) is 4.08. The Balaban J connectivity index is 1.90. The lowest BCUT2D eigenvalue weighted by atomic mass is 10.2. The first-order chi connectivity index (χ1) is 13.5. The van der Waals surface area contributed by atoms with Gasteiger partial charge >= 0.3 is 5.88 Å². The van der Waals surface area contributed by atoms with Crippen LogP contribution in [0.15, 0.2) is 69.9 Å². The molecule has 28 heavy (non-hydrogen) atoms. The van der Waals surface area contributed by atoms with Crippen LogP contribution in [0.25, 0.3) is 28.7 Å². The monoisotopic (exact) mass is 375 g/mol. The smallest absolute Gasteiger partial charge is 0.433 e. The summed E-state index contributed by atoms with van der Waals surface area (Å²) in [6.07, 6.45) is 3.02. The molecule has 0 radical (unpaired) electrons. The zero-order valence-electron chi connectivity index (χ0n) is 14.4. The molecule has 0 aliphatic heterocycles. The Bertz CT molecular complexity index is 1290. The number of aromatic nitrogens is 2. The van der Waals surface area contributed by atoms with Crippen molar-refractivity contribution in [3.05, 3.63) is 92.7 Å². The molecule has 0 unspecified atom stereocenters. The fourth-order valence-electron chi connectivity index (χ4n) is 2.83. The second-order valence-electron chi connectivity index (χ2n) is 5.91. The summed E-state index contributed by atoms with van der Waals surface area (Å²) in [4.78, 5) is 27.7. The fraction of sp³-hybridized carbons (Fsp3) is 0. The van der Waals surface area contributed by atoms with Crippen LogP contribution in [0, 0.1) is 10.1 Å². The number of phenolic OH excluding ortho intramolecular Hbond substituents is 1. The predicted octanol–water partition coefficient (Wildman–Crippen LogP) is 3.76. The highest BCUT2D eigenvalue weighted by Gasteiger charge is 2.13. The molecule has 0 atom stereocenters. The van der Waals surface area contributed by atoms with Gasteiger partial charge in [-0.1, -0.05) is 18.2 Å². The summed E-state index contributed by atoms with van der Waals surface area (Å²) in [5, 5.41) is 21.0. The Morgan fingerprint density at radius 3 is 2.64 bits per heavy atom. The number of fused-ring (bicyclic) bond motifs is 1. The van der Waals surface area contributed by atoms with Crippen LogP contribution in [0.3, 0.4) is 0 Å². The second-order valence-corrected chi connectivity index (χ2v) is 5.91. The number of aromatic hydroxyl groups is 1. The van der Waals surface area contributed by atoms with Gasteiger partial charge < -0.3 is 9.52 Å². The first-order valence-electron chi connectivity index (χ1n) is 8.26. The maximum absolute atomic E-state index is 13.1. The summed E-state index contributed by atoms with van der Waals surface area (Å²) in [6.45, 7) is 0. The van der Waals surface area contributed by atoms with E-state index in [2.05, 4.69) is 4.98 Å². The van der Waals surface area contributed by atoms with Gasteiger partial charge in [0.25, 0.3) is 5.56 Å². The molecule has 2 heterocycles. The van der Waals surface area contributed by atoms with Gasteiger partial charge in [0.15, 0.2) is 0 Å². The Morgan fingerprint density at radius 1 is 1.07 bits per heavy atom. The van der Waals surface area contributed by atoms with E-state index in [9.17, 15) is 20.0 Å². The molecular formula is C20H13N3O5. The van der Waals surface area contributed by atoms with Crippen molar-refractivity contribution in [3.8, 4) is 11.4 Å². The van der Waals surface area contributed by atoms with Crippen molar-refractivity contribution < 1.29 is 14.4 Å². The third-order valence-corrected chi connectivity index (χ3v) is 4.08. The molecule has 0 bridgehead atoms. The molecule has 138 valence electrons. The molecule has 0 saturated carbocycles. The molecule has 0 aliphatic rings. The molecule has 8 heteroatoms. The van der Waals surface area contributed by atoms with Gasteiger partial charge in [-0.2, -0.15) is 0 Å². The summed E-state index contributed by atoms with van der Waals surface area (Å²) in [5.41, 5.74) is 0.642. The van der Waals surface area contributed by atoms with E-state index < -0.39 is 4.92 Å². The van der Waals surface area contributed by atoms with Crippen molar-refractivity contribution in [2.45, 2.75) is 0 Å². The first-order valence-corrected chi connectivity index (χ1v) is 8.26. The first kappa shape index (κ1) is 17.2. The highest BCUT2D eigenvalue weighted by molar-refractivity contribution is 5.80. The molecule has 8 nitrogen and oxygen atoms in total. The van der Waals surface area contributed by atoms with E-state index in [0.29, 0.717) is 16.6 Å². The number of benzene rings is 2. The minimum absolute atomic E-state index is 0.00847. The largest absolute Gasteiger partial charge is 0.508 e. The lowest BCUT2D eigenvalue weighted by Gasteiger charge is -2.11. The molecule has 2 aromatic heterocycles. The van der Waals surface area contributed by atoms with Crippen LogP contribution in [0.2, 0.25) is 0 Å². The van der Waals surface area contributed by atoms with Crippen LogP contribution in [-0.2, 0) is 0 Å². The molecule has 0 aliphatic carbocycles. The molecule has 2 aromatic carbocycles. The van der Waals surface area contributed by atoms with Gasteiger partial charge in [-0.15, -0.1) is 0 Å². The van der Waals surface area contributed by atoms with Gasteiger partial charge in [0.05, 0.1) is 22.7 Å². The van der Waals surface area contributed by atoms with E-state index in [1.165, 1.54) is 41.0 Å². The van der Waals surface area contributed by atoms with E-state index >= 15 is 0 Å². The van der Waals surface area contributed by atoms with Gasteiger partial charge in [-0.05, 0) is 42.5 Å². The van der Waals surface area contributed by atoms with Crippen LogP contribution < -0.4 is 5.56 Å². The maximum atomic E-state index is 13.1. The molecule has 0 spiro atoms. The Hall–Kier alpha value is -4.20. The quantitative estimate of drug-likeness (QED) is 0.429. The van der Waals surface area contributed by atoms with Crippen molar-refractivity contribution >= 4 is 28.9 Å². The van der Waals surface area contributed by atoms with Crippen LogP contribution in [0.5, 0.6) is 5.75 Å². The number of nitro groups is 1. The topological polar surface area (TPSA) is 111 Å². The lowest BCUT2D eigenvalue weighted by molar-refractivity contribution is -0.402. The van der Waals surface area contributed by atoms with E-state index in [-0.39, 0.29) is 28.8 Å². The molecule has 0 amide bonds. The van der Waals surface area contributed by atoms with Crippen LogP contribution in [0.4, 0.5) is 5.88 Å². The lowest BCUT2D eigenvalue weighted by Crippen LogP contribution is -2.22. The Morgan fingerprint density at radius 2 is 1.89 bits per heavy atom. The number of para-hydroxylation sites is 1. The SMILES string of the molecule is O=c1c2ccccc2nc(C=Cc2ccc([N+](=O)[O-])o2)n1-c1cccc(O)c1. The number of rotatable bonds is 4. The average Bonchev–Trinajstić information content (AvgIpc) is 3.16. The number of nitrogens with zero attached hydrogens (tertiary/aromatic N) is 3. The van der Waals surface area contributed by atoms with Crippen molar-refractivity contribution in [2.75, 3.05) is 0 Å². The van der Waals surface area contributed by atoms with Gasteiger partial charge in [0.2, 0.25) is 0 Å². The summed E-state index contributed by atoms with van der Waals surface area (Å²) >= 11 is 0. The van der Waals surface area contributed by atoms with Gasteiger partial charge in [0.1, 0.15) is 22.3 Å². The Kier molecular flexibility index (Phi) is 4.21. The maximum Gasteiger partial charge on any atom is 0.433 e. The fourth-order valence-corrected chi connectivity index (χ4v) is 2.83. The predicted molar refractivity (Wildman–Crippen MR) is 103 cm³/mol.